The standard InChI is InChI=1S/C12H17F3N2O2/c1-8(2)11-16-6-10(9(7-18)17-11)19-5-3-4-12(13,14)15/h6,8,18H,3-5,7H2,1-2H3. The van der Waals surface area contributed by atoms with Crippen LogP contribution in [0.4, 0.5) is 13.2 Å². The van der Waals surface area contributed by atoms with E-state index in [2.05, 4.69) is 9.97 Å². The average Bonchev–Trinajstić information content (AvgIpc) is 2.33. The minimum atomic E-state index is -4.18. The second kappa shape index (κ2) is 6.70. The van der Waals surface area contributed by atoms with Gasteiger partial charge in [0, 0.05) is 12.3 Å². The van der Waals surface area contributed by atoms with Gasteiger partial charge in [-0.25, -0.2) is 9.97 Å². The lowest BCUT2D eigenvalue weighted by atomic mass is 10.2. The van der Waals surface area contributed by atoms with Gasteiger partial charge in [0.1, 0.15) is 11.5 Å². The molecule has 1 aromatic heterocycles. The number of rotatable bonds is 6. The zero-order valence-corrected chi connectivity index (χ0v) is 10.9. The summed E-state index contributed by atoms with van der Waals surface area (Å²) in [6, 6.07) is 0. The fourth-order valence-electron chi connectivity index (χ4n) is 1.39. The number of aliphatic hydroxyl groups excluding tert-OH is 1. The Morgan fingerprint density at radius 1 is 1.37 bits per heavy atom. The fraction of sp³-hybridized carbons (Fsp3) is 0.667. The molecule has 7 heteroatoms. The van der Waals surface area contributed by atoms with Crippen LogP contribution in [0.1, 0.15) is 44.1 Å². The molecule has 0 saturated heterocycles. The van der Waals surface area contributed by atoms with Crippen molar-refractivity contribution in [1.29, 1.82) is 0 Å². The lowest BCUT2D eigenvalue weighted by Crippen LogP contribution is -2.11. The zero-order chi connectivity index (χ0) is 14.5. The van der Waals surface area contributed by atoms with Gasteiger partial charge >= 0.3 is 6.18 Å². The first-order chi connectivity index (χ1) is 8.83. The van der Waals surface area contributed by atoms with Gasteiger partial charge in [-0.2, -0.15) is 13.2 Å². The normalized spacial score (nSPS) is 11.9. The molecule has 0 aliphatic rings. The molecule has 1 aromatic rings. The molecule has 4 nitrogen and oxygen atoms in total. The molecule has 0 amide bonds. The Morgan fingerprint density at radius 3 is 2.58 bits per heavy atom. The number of aliphatic hydroxyl groups is 1. The zero-order valence-electron chi connectivity index (χ0n) is 10.9. The summed E-state index contributed by atoms with van der Waals surface area (Å²) in [7, 11) is 0. The first-order valence-corrected chi connectivity index (χ1v) is 5.99. The van der Waals surface area contributed by atoms with Crippen LogP contribution in [-0.2, 0) is 6.61 Å². The minimum absolute atomic E-state index is 0.0864. The number of nitrogens with zero attached hydrogens (tertiary/aromatic N) is 2. The van der Waals surface area contributed by atoms with Gasteiger partial charge in [-0.15, -0.1) is 0 Å². The van der Waals surface area contributed by atoms with Crippen LogP contribution < -0.4 is 4.74 Å². The van der Waals surface area contributed by atoms with Gasteiger partial charge in [-0.3, -0.25) is 0 Å². The van der Waals surface area contributed by atoms with Crippen LogP contribution in [0, 0.1) is 0 Å². The predicted octanol–water partition coefficient (Wildman–Crippen LogP) is 2.81. The van der Waals surface area contributed by atoms with Crippen LogP contribution >= 0.6 is 0 Å². The van der Waals surface area contributed by atoms with Crippen LogP contribution in [0.15, 0.2) is 6.20 Å². The molecule has 0 atom stereocenters. The Hall–Kier alpha value is -1.37. The van der Waals surface area contributed by atoms with Crippen LogP contribution in [0.2, 0.25) is 0 Å². The minimum Gasteiger partial charge on any atom is -0.490 e. The third kappa shape index (κ3) is 5.42. The van der Waals surface area contributed by atoms with E-state index in [-0.39, 0.29) is 31.3 Å². The van der Waals surface area contributed by atoms with Crippen molar-refractivity contribution in [2.75, 3.05) is 6.61 Å². The van der Waals surface area contributed by atoms with Crippen LogP contribution in [-0.4, -0.2) is 27.9 Å². The molecule has 0 unspecified atom stereocenters. The Labute approximate surface area is 109 Å². The molecule has 0 aliphatic carbocycles. The number of hydrogen-bond donors (Lipinski definition) is 1. The molecule has 19 heavy (non-hydrogen) atoms. The van der Waals surface area contributed by atoms with Gasteiger partial charge in [0.2, 0.25) is 0 Å². The summed E-state index contributed by atoms with van der Waals surface area (Å²) in [4.78, 5) is 8.15. The molecule has 1 heterocycles. The van der Waals surface area contributed by atoms with Crippen molar-refractivity contribution in [3.63, 3.8) is 0 Å². The first kappa shape index (κ1) is 15.7. The highest BCUT2D eigenvalue weighted by molar-refractivity contribution is 5.24. The fourth-order valence-corrected chi connectivity index (χ4v) is 1.39. The van der Waals surface area contributed by atoms with Crippen molar-refractivity contribution in [1.82, 2.24) is 9.97 Å². The van der Waals surface area contributed by atoms with E-state index in [4.69, 9.17) is 9.84 Å². The maximum Gasteiger partial charge on any atom is 0.389 e. The second-order valence-electron chi connectivity index (χ2n) is 4.42. The van der Waals surface area contributed by atoms with E-state index in [1.807, 2.05) is 13.8 Å². The van der Waals surface area contributed by atoms with Crippen LogP contribution in [0.3, 0.4) is 0 Å². The summed E-state index contributed by atoms with van der Waals surface area (Å²) in [5.41, 5.74) is 0.297. The van der Waals surface area contributed by atoms with Crippen molar-refractivity contribution in [3.05, 3.63) is 17.7 Å². The van der Waals surface area contributed by atoms with E-state index in [1.165, 1.54) is 6.20 Å². The van der Waals surface area contributed by atoms with Gasteiger partial charge in [0.05, 0.1) is 19.4 Å². The van der Waals surface area contributed by atoms with Crippen molar-refractivity contribution in [2.24, 2.45) is 0 Å². The van der Waals surface area contributed by atoms with E-state index >= 15 is 0 Å². The number of aromatic nitrogens is 2. The highest BCUT2D eigenvalue weighted by Crippen LogP contribution is 2.22. The summed E-state index contributed by atoms with van der Waals surface area (Å²) < 4.78 is 41.0. The largest absolute Gasteiger partial charge is 0.490 e. The number of ether oxygens (including phenoxy) is 1. The summed E-state index contributed by atoms with van der Waals surface area (Å²) in [5, 5.41) is 9.16. The van der Waals surface area contributed by atoms with Gasteiger partial charge in [-0.1, -0.05) is 13.8 Å². The molecule has 108 valence electrons. The molecule has 0 saturated carbocycles. The molecular formula is C12H17F3N2O2. The van der Waals surface area contributed by atoms with E-state index in [0.29, 0.717) is 11.5 Å². The molecular weight excluding hydrogens is 261 g/mol. The maximum absolute atomic E-state index is 11.9. The maximum atomic E-state index is 11.9. The summed E-state index contributed by atoms with van der Waals surface area (Å²) in [6.07, 6.45) is -3.82. The third-order valence-electron chi connectivity index (χ3n) is 2.38. The molecule has 0 aromatic carbocycles. The molecule has 0 radical (unpaired) electrons. The third-order valence-corrected chi connectivity index (χ3v) is 2.38. The second-order valence-corrected chi connectivity index (χ2v) is 4.42. The van der Waals surface area contributed by atoms with E-state index in [0.717, 1.165) is 0 Å². The molecule has 1 rings (SSSR count). The van der Waals surface area contributed by atoms with Crippen molar-refractivity contribution in [3.8, 4) is 5.75 Å². The molecule has 0 aliphatic heterocycles. The number of hydrogen-bond acceptors (Lipinski definition) is 4. The van der Waals surface area contributed by atoms with Crippen molar-refractivity contribution in [2.45, 2.75) is 45.4 Å². The quantitative estimate of drug-likeness (QED) is 0.813. The van der Waals surface area contributed by atoms with E-state index in [9.17, 15) is 13.2 Å². The first-order valence-electron chi connectivity index (χ1n) is 5.99. The van der Waals surface area contributed by atoms with Crippen LogP contribution in [0.5, 0.6) is 5.75 Å². The molecule has 0 bridgehead atoms. The van der Waals surface area contributed by atoms with Gasteiger partial charge in [0.25, 0.3) is 0 Å². The van der Waals surface area contributed by atoms with E-state index < -0.39 is 12.6 Å². The van der Waals surface area contributed by atoms with Crippen molar-refractivity contribution >= 4 is 0 Å². The van der Waals surface area contributed by atoms with Gasteiger partial charge in [-0.05, 0) is 6.42 Å². The van der Waals surface area contributed by atoms with Gasteiger partial charge in [0.15, 0.2) is 5.75 Å². The smallest absolute Gasteiger partial charge is 0.389 e. The lowest BCUT2D eigenvalue weighted by Gasteiger charge is -2.12. The molecule has 0 fully saturated rings. The van der Waals surface area contributed by atoms with Crippen molar-refractivity contribution < 1.29 is 23.0 Å². The Balaban J connectivity index is 2.58. The highest BCUT2D eigenvalue weighted by Gasteiger charge is 2.26. The monoisotopic (exact) mass is 278 g/mol. The Morgan fingerprint density at radius 2 is 2.05 bits per heavy atom. The predicted molar refractivity (Wildman–Crippen MR) is 62.8 cm³/mol. The van der Waals surface area contributed by atoms with E-state index in [1.54, 1.807) is 0 Å². The average molecular weight is 278 g/mol. The summed E-state index contributed by atoms with van der Waals surface area (Å²) in [5.74, 6) is 0.894. The number of halogens is 3. The highest BCUT2D eigenvalue weighted by atomic mass is 19.4. The molecule has 1 N–H and O–H groups in total. The van der Waals surface area contributed by atoms with Crippen LogP contribution in [0.25, 0.3) is 0 Å². The Bertz CT molecular complexity index is 408. The summed E-state index contributed by atoms with van der Waals surface area (Å²) >= 11 is 0. The summed E-state index contributed by atoms with van der Waals surface area (Å²) in [6.45, 7) is 3.38. The Kier molecular flexibility index (Phi) is 5.53. The lowest BCUT2D eigenvalue weighted by molar-refractivity contribution is -0.136. The topological polar surface area (TPSA) is 55.2 Å². The SMILES string of the molecule is CC(C)c1ncc(OCCCC(F)(F)F)c(CO)n1. The molecule has 0 spiro atoms. The van der Waals surface area contributed by atoms with Gasteiger partial charge < -0.3 is 9.84 Å². The number of alkyl halides is 3.